The minimum Gasteiger partial charge on any atom is -0.297 e. The van der Waals surface area contributed by atoms with Crippen LogP contribution < -0.4 is 0 Å². The van der Waals surface area contributed by atoms with Crippen molar-refractivity contribution in [2.24, 2.45) is 17.8 Å². The van der Waals surface area contributed by atoms with Gasteiger partial charge in [-0.15, -0.1) is 0 Å². The topological polar surface area (TPSA) is 20.1 Å². The first-order valence-electron chi connectivity index (χ1n) is 6.97. The van der Waals surface area contributed by atoms with E-state index in [4.69, 9.17) is 0 Å². The van der Waals surface area contributed by atoms with E-state index in [2.05, 4.69) is 18.7 Å². The number of rotatable bonds is 3. The zero-order valence-electron chi connectivity index (χ0n) is 10.3. The van der Waals surface area contributed by atoms with Crippen LogP contribution in [0.2, 0.25) is 0 Å². The Morgan fingerprint density at radius 2 is 2.06 bits per heavy atom. The maximum absolute atomic E-state index is 12.3. The summed E-state index contributed by atoms with van der Waals surface area (Å²) >= 11 is 0. The molecule has 0 spiro atoms. The summed E-state index contributed by atoms with van der Waals surface area (Å²) in [6.45, 7) is 4.69. The van der Waals surface area contributed by atoms with E-state index >= 15 is 0 Å². The molecule has 2 heteroatoms. The summed E-state index contributed by atoms with van der Waals surface area (Å²) in [5, 5.41) is 0. The first-order valence-corrected chi connectivity index (χ1v) is 6.97. The largest absolute Gasteiger partial charge is 0.297 e. The van der Waals surface area contributed by atoms with Gasteiger partial charge in [-0.25, -0.2) is 0 Å². The molecule has 4 fully saturated rings. The highest BCUT2D eigenvalue weighted by molar-refractivity contribution is 5.97. The SMILES string of the molecule is CC(C)C1C[C@@H]2CC3(C(=O)C4CC4)[C@H](C1)N23. The lowest BCUT2D eigenvalue weighted by atomic mass is 9.83. The molecule has 0 bridgehead atoms. The zero-order valence-corrected chi connectivity index (χ0v) is 10.3. The second kappa shape index (κ2) is 2.72. The quantitative estimate of drug-likeness (QED) is 0.678. The van der Waals surface area contributed by atoms with Crippen molar-refractivity contribution in [3.63, 3.8) is 0 Å². The summed E-state index contributed by atoms with van der Waals surface area (Å²) in [6, 6.07) is 1.43. The number of fused-ring (bicyclic) bond motifs is 1. The maximum Gasteiger partial charge on any atom is 0.157 e. The van der Waals surface area contributed by atoms with Crippen LogP contribution in [0.1, 0.15) is 46.0 Å². The van der Waals surface area contributed by atoms with Gasteiger partial charge in [0.05, 0.1) is 5.54 Å². The van der Waals surface area contributed by atoms with Crippen molar-refractivity contribution in [3.8, 4) is 0 Å². The Bertz CT molecular complexity index is 360. The van der Waals surface area contributed by atoms with Gasteiger partial charge >= 0.3 is 0 Å². The van der Waals surface area contributed by atoms with E-state index in [1.165, 1.54) is 32.1 Å². The first-order chi connectivity index (χ1) is 7.64. The van der Waals surface area contributed by atoms with Crippen LogP contribution in [0.3, 0.4) is 0 Å². The molecule has 88 valence electrons. The number of Topliss-reactive ketones (excluding diaryl/α,β-unsaturated/α-hetero) is 1. The Kier molecular flexibility index (Phi) is 1.64. The third kappa shape index (κ3) is 0.958. The Morgan fingerprint density at radius 3 is 2.69 bits per heavy atom. The fourth-order valence-corrected chi connectivity index (χ4v) is 4.46. The van der Waals surface area contributed by atoms with Gasteiger partial charge in [-0.2, -0.15) is 0 Å². The summed E-state index contributed by atoms with van der Waals surface area (Å²) in [4.78, 5) is 14.9. The molecule has 0 radical (unpaired) electrons. The van der Waals surface area contributed by atoms with Gasteiger partial charge < -0.3 is 0 Å². The standard InChI is InChI=1S/C14H21NO/c1-8(2)10-5-11-7-14(12(6-10)15(11)14)13(16)9-3-4-9/h8-12H,3-7H2,1-2H3/t10?,11-,12+,14?,15?/m1/s1. The molecule has 3 saturated heterocycles. The molecule has 0 aromatic carbocycles. The number of carbonyl (C=O) groups excluding carboxylic acids is 1. The summed E-state index contributed by atoms with van der Waals surface area (Å²) in [6.07, 6.45) is 6.22. The number of ketones is 1. The van der Waals surface area contributed by atoms with E-state index in [1.807, 2.05) is 0 Å². The molecule has 4 rings (SSSR count). The third-order valence-corrected chi connectivity index (χ3v) is 5.64. The monoisotopic (exact) mass is 219 g/mol. The van der Waals surface area contributed by atoms with Crippen LogP contribution in [0.15, 0.2) is 0 Å². The lowest BCUT2D eigenvalue weighted by Gasteiger charge is -2.38. The number of nitrogens with zero attached hydrogens (tertiary/aromatic N) is 1. The molecule has 3 aliphatic heterocycles. The molecule has 3 unspecified atom stereocenters. The van der Waals surface area contributed by atoms with Crippen LogP contribution in [-0.2, 0) is 4.79 Å². The third-order valence-electron chi connectivity index (χ3n) is 5.64. The highest BCUT2D eigenvalue weighted by Crippen LogP contribution is 2.66. The number of piperidine rings is 1. The summed E-state index contributed by atoms with van der Waals surface area (Å²) in [7, 11) is 0. The van der Waals surface area contributed by atoms with E-state index in [1.54, 1.807) is 0 Å². The summed E-state index contributed by atoms with van der Waals surface area (Å²) in [5.74, 6) is 2.77. The first kappa shape index (κ1) is 9.64. The van der Waals surface area contributed by atoms with Crippen LogP contribution in [-0.4, -0.2) is 28.3 Å². The molecule has 0 aromatic heterocycles. The van der Waals surface area contributed by atoms with Crippen LogP contribution >= 0.6 is 0 Å². The van der Waals surface area contributed by atoms with E-state index in [0.29, 0.717) is 17.7 Å². The minimum absolute atomic E-state index is 0.0927. The predicted molar refractivity (Wildman–Crippen MR) is 62.1 cm³/mol. The Balaban J connectivity index is 1.54. The van der Waals surface area contributed by atoms with Gasteiger partial charge in [-0.05, 0) is 43.9 Å². The highest BCUT2D eigenvalue weighted by atomic mass is 16.1. The van der Waals surface area contributed by atoms with Crippen molar-refractivity contribution in [1.82, 2.24) is 4.90 Å². The maximum atomic E-state index is 12.3. The Labute approximate surface area is 97.4 Å². The molecule has 0 N–H and O–H groups in total. The molecule has 16 heavy (non-hydrogen) atoms. The number of hydrogen-bond donors (Lipinski definition) is 0. The van der Waals surface area contributed by atoms with Crippen molar-refractivity contribution >= 4 is 5.78 Å². The average Bonchev–Trinajstić information content (AvgIpc) is 3.09. The number of hydrogen-bond acceptors (Lipinski definition) is 2. The van der Waals surface area contributed by atoms with Crippen LogP contribution in [0.5, 0.6) is 0 Å². The molecular weight excluding hydrogens is 198 g/mol. The van der Waals surface area contributed by atoms with Gasteiger partial charge in [-0.1, -0.05) is 13.8 Å². The molecular formula is C14H21NO. The molecule has 0 amide bonds. The Hall–Kier alpha value is -0.370. The van der Waals surface area contributed by atoms with Gasteiger partial charge in [0.25, 0.3) is 0 Å². The fourth-order valence-electron chi connectivity index (χ4n) is 4.46. The van der Waals surface area contributed by atoms with E-state index in [0.717, 1.165) is 17.9 Å². The predicted octanol–water partition coefficient (Wildman–Crippen LogP) is 2.23. The molecule has 5 atom stereocenters. The smallest absolute Gasteiger partial charge is 0.157 e. The molecule has 1 saturated carbocycles. The lowest BCUT2D eigenvalue weighted by molar-refractivity contribution is -0.127. The second-order valence-electron chi connectivity index (χ2n) is 6.82. The fraction of sp³-hybridized carbons (Fsp3) is 0.929. The van der Waals surface area contributed by atoms with Crippen LogP contribution in [0.4, 0.5) is 0 Å². The molecule has 4 aliphatic rings. The van der Waals surface area contributed by atoms with Gasteiger partial charge in [0.15, 0.2) is 5.78 Å². The lowest BCUT2D eigenvalue weighted by Crippen LogP contribution is -2.48. The zero-order chi connectivity index (χ0) is 11.1. The van der Waals surface area contributed by atoms with E-state index in [9.17, 15) is 4.79 Å². The van der Waals surface area contributed by atoms with Crippen molar-refractivity contribution in [2.75, 3.05) is 0 Å². The minimum atomic E-state index is 0.0927. The van der Waals surface area contributed by atoms with Crippen molar-refractivity contribution in [2.45, 2.75) is 63.6 Å². The van der Waals surface area contributed by atoms with E-state index < -0.39 is 0 Å². The molecule has 0 aromatic rings. The number of carbonyl (C=O) groups is 1. The highest BCUT2D eigenvalue weighted by Gasteiger charge is 2.79. The van der Waals surface area contributed by atoms with Crippen molar-refractivity contribution in [1.29, 1.82) is 0 Å². The van der Waals surface area contributed by atoms with Gasteiger partial charge in [-0.3, -0.25) is 9.69 Å². The normalized spacial score (nSPS) is 53.2. The van der Waals surface area contributed by atoms with E-state index in [-0.39, 0.29) is 5.54 Å². The molecule has 2 nitrogen and oxygen atoms in total. The van der Waals surface area contributed by atoms with Crippen molar-refractivity contribution in [3.05, 3.63) is 0 Å². The van der Waals surface area contributed by atoms with Gasteiger partial charge in [0.1, 0.15) is 0 Å². The van der Waals surface area contributed by atoms with Gasteiger partial charge in [0.2, 0.25) is 0 Å². The molecule has 1 aliphatic carbocycles. The van der Waals surface area contributed by atoms with Gasteiger partial charge in [0, 0.05) is 18.0 Å². The molecule has 3 heterocycles. The van der Waals surface area contributed by atoms with Crippen LogP contribution in [0.25, 0.3) is 0 Å². The second-order valence-corrected chi connectivity index (χ2v) is 6.82. The van der Waals surface area contributed by atoms with Crippen LogP contribution in [0, 0.1) is 17.8 Å². The Morgan fingerprint density at radius 1 is 1.31 bits per heavy atom. The summed E-state index contributed by atoms with van der Waals surface area (Å²) in [5.41, 5.74) is 0.0927. The average molecular weight is 219 g/mol. The van der Waals surface area contributed by atoms with Crippen molar-refractivity contribution < 1.29 is 4.79 Å². The summed E-state index contributed by atoms with van der Waals surface area (Å²) < 4.78 is 0.